The molecule has 1 aromatic heterocycles. The number of rotatable bonds is 4. The summed E-state index contributed by atoms with van der Waals surface area (Å²) >= 11 is 5.98. The lowest BCUT2D eigenvalue weighted by Gasteiger charge is -2.16. The van der Waals surface area contributed by atoms with Crippen LogP contribution < -0.4 is 11.3 Å². The molecule has 0 aliphatic rings. The van der Waals surface area contributed by atoms with E-state index in [1.165, 1.54) is 0 Å². The van der Waals surface area contributed by atoms with Crippen LogP contribution in [-0.4, -0.2) is 9.78 Å². The van der Waals surface area contributed by atoms with Gasteiger partial charge in [-0.25, -0.2) is 0 Å². The van der Waals surface area contributed by atoms with E-state index in [1.807, 2.05) is 49.0 Å². The maximum atomic E-state index is 5.98. The number of hydrogen-bond acceptors (Lipinski definition) is 3. The topological polar surface area (TPSA) is 55.9 Å². The predicted octanol–water partition coefficient (Wildman–Crippen LogP) is 2.13. The van der Waals surface area contributed by atoms with Gasteiger partial charge in [0.05, 0.1) is 17.4 Å². The van der Waals surface area contributed by atoms with Crippen molar-refractivity contribution < 1.29 is 0 Å². The van der Waals surface area contributed by atoms with Crippen LogP contribution in [0.4, 0.5) is 0 Å². The summed E-state index contributed by atoms with van der Waals surface area (Å²) in [5.41, 5.74) is 6.03. The smallest absolute Gasteiger partial charge is 0.0669 e. The van der Waals surface area contributed by atoms with Gasteiger partial charge >= 0.3 is 0 Å². The van der Waals surface area contributed by atoms with Crippen LogP contribution in [0.25, 0.3) is 0 Å². The zero-order valence-electron chi connectivity index (χ0n) is 10.5. The molecular formula is C13H17ClN4. The number of nitrogens with one attached hydrogen (secondary N) is 1. The summed E-state index contributed by atoms with van der Waals surface area (Å²) in [5.74, 6) is 5.64. The Morgan fingerprint density at radius 3 is 2.78 bits per heavy atom. The Morgan fingerprint density at radius 2 is 2.22 bits per heavy atom. The van der Waals surface area contributed by atoms with Crippen molar-refractivity contribution in [2.24, 2.45) is 12.9 Å². The van der Waals surface area contributed by atoms with Gasteiger partial charge in [-0.15, -0.1) is 0 Å². The third-order valence-electron chi connectivity index (χ3n) is 2.93. The van der Waals surface area contributed by atoms with Crippen molar-refractivity contribution in [2.45, 2.75) is 19.4 Å². The molecule has 1 unspecified atom stereocenters. The van der Waals surface area contributed by atoms with Gasteiger partial charge in [0, 0.05) is 12.1 Å². The van der Waals surface area contributed by atoms with E-state index in [1.54, 1.807) is 0 Å². The fraction of sp³-hybridized carbons (Fsp3) is 0.308. The lowest BCUT2D eigenvalue weighted by atomic mass is 10.0. The van der Waals surface area contributed by atoms with Crippen LogP contribution in [0, 0.1) is 6.92 Å². The SMILES string of the molecule is Cc1cc(C(Cc2cccc(Cl)c2)NN)n(C)n1. The second-order valence-electron chi connectivity index (χ2n) is 4.39. The van der Waals surface area contributed by atoms with E-state index in [2.05, 4.69) is 10.5 Å². The van der Waals surface area contributed by atoms with Crippen molar-refractivity contribution in [3.63, 3.8) is 0 Å². The zero-order valence-corrected chi connectivity index (χ0v) is 11.3. The number of nitrogens with zero attached hydrogens (tertiary/aromatic N) is 2. The number of hydrogen-bond donors (Lipinski definition) is 2. The summed E-state index contributed by atoms with van der Waals surface area (Å²) in [6.45, 7) is 1.97. The molecule has 0 amide bonds. The number of benzene rings is 1. The van der Waals surface area contributed by atoms with Crippen LogP contribution in [0.15, 0.2) is 30.3 Å². The maximum absolute atomic E-state index is 5.98. The molecule has 0 spiro atoms. The average Bonchev–Trinajstić information content (AvgIpc) is 2.65. The van der Waals surface area contributed by atoms with Gasteiger partial charge in [0.25, 0.3) is 0 Å². The molecule has 2 rings (SSSR count). The van der Waals surface area contributed by atoms with Gasteiger partial charge in [0.1, 0.15) is 0 Å². The zero-order chi connectivity index (χ0) is 13.1. The van der Waals surface area contributed by atoms with E-state index in [0.29, 0.717) is 0 Å². The van der Waals surface area contributed by atoms with E-state index < -0.39 is 0 Å². The fourth-order valence-electron chi connectivity index (χ4n) is 2.11. The molecule has 0 fully saturated rings. The quantitative estimate of drug-likeness (QED) is 0.657. The third-order valence-corrected chi connectivity index (χ3v) is 3.16. The fourth-order valence-corrected chi connectivity index (χ4v) is 2.32. The summed E-state index contributed by atoms with van der Waals surface area (Å²) in [6.07, 6.45) is 0.774. The Hall–Kier alpha value is -1.36. The Kier molecular flexibility index (Phi) is 4.01. The Labute approximate surface area is 112 Å². The second kappa shape index (κ2) is 5.52. The standard InChI is InChI=1S/C13H17ClN4/c1-9-6-13(18(2)17-9)12(16-15)8-10-4-3-5-11(14)7-10/h3-7,12,16H,8,15H2,1-2H3. The molecule has 18 heavy (non-hydrogen) atoms. The van der Waals surface area contributed by atoms with Crippen molar-refractivity contribution in [1.29, 1.82) is 0 Å². The molecule has 1 aromatic carbocycles. The first-order valence-corrected chi connectivity index (χ1v) is 6.19. The largest absolute Gasteiger partial charge is 0.271 e. The highest BCUT2D eigenvalue weighted by Crippen LogP contribution is 2.20. The maximum Gasteiger partial charge on any atom is 0.0669 e. The molecule has 0 saturated carbocycles. The molecule has 0 saturated heterocycles. The molecular weight excluding hydrogens is 248 g/mol. The molecule has 4 nitrogen and oxygen atoms in total. The van der Waals surface area contributed by atoms with Crippen LogP contribution in [-0.2, 0) is 13.5 Å². The van der Waals surface area contributed by atoms with Crippen LogP contribution in [0.5, 0.6) is 0 Å². The van der Waals surface area contributed by atoms with Gasteiger partial charge in [0.15, 0.2) is 0 Å². The molecule has 0 aliphatic heterocycles. The Balaban J connectivity index is 2.22. The first-order valence-electron chi connectivity index (χ1n) is 5.81. The molecule has 0 bridgehead atoms. The van der Waals surface area contributed by atoms with Crippen molar-refractivity contribution in [3.05, 3.63) is 52.3 Å². The van der Waals surface area contributed by atoms with E-state index in [0.717, 1.165) is 28.4 Å². The minimum atomic E-state index is 0.0228. The van der Waals surface area contributed by atoms with E-state index in [4.69, 9.17) is 17.4 Å². The van der Waals surface area contributed by atoms with E-state index in [9.17, 15) is 0 Å². The average molecular weight is 265 g/mol. The number of aryl methyl sites for hydroxylation is 2. The van der Waals surface area contributed by atoms with Crippen molar-refractivity contribution in [2.75, 3.05) is 0 Å². The summed E-state index contributed by atoms with van der Waals surface area (Å²) < 4.78 is 1.85. The first kappa shape index (κ1) is 13.1. The second-order valence-corrected chi connectivity index (χ2v) is 4.82. The first-order chi connectivity index (χ1) is 8.60. The number of hydrazine groups is 1. The molecule has 3 N–H and O–H groups in total. The van der Waals surface area contributed by atoms with Gasteiger partial charge in [-0.2, -0.15) is 5.10 Å². The lowest BCUT2D eigenvalue weighted by molar-refractivity contribution is 0.508. The summed E-state index contributed by atoms with van der Waals surface area (Å²) in [5, 5.41) is 5.07. The van der Waals surface area contributed by atoms with Gasteiger partial charge < -0.3 is 0 Å². The summed E-state index contributed by atoms with van der Waals surface area (Å²) in [4.78, 5) is 0. The predicted molar refractivity (Wildman–Crippen MR) is 73.2 cm³/mol. The number of nitrogens with two attached hydrogens (primary N) is 1. The van der Waals surface area contributed by atoms with Gasteiger partial charge in [-0.05, 0) is 37.1 Å². The van der Waals surface area contributed by atoms with Crippen LogP contribution >= 0.6 is 11.6 Å². The lowest BCUT2D eigenvalue weighted by Crippen LogP contribution is -2.31. The van der Waals surface area contributed by atoms with Gasteiger partial charge in [-0.1, -0.05) is 23.7 Å². The van der Waals surface area contributed by atoms with Crippen LogP contribution in [0.3, 0.4) is 0 Å². The van der Waals surface area contributed by atoms with Gasteiger partial charge in [-0.3, -0.25) is 16.0 Å². The van der Waals surface area contributed by atoms with E-state index in [-0.39, 0.29) is 6.04 Å². The normalized spacial score (nSPS) is 12.7. The third kappa shape index (κ3) is 2.90. The highest BCUT2D eigenvalue weighted by molar-refractivity contribution is 6.30. The highest BCUT2D eigenvalue weighted by atomic mass is 35.5. The minimum Gasteiger partial charge on any atom is -0.271 e. The molecule has 96 valence electrons. The highest BCUT2D eigenvalue weighted by Gasteiger charge is 2.15. The molecule has 0 aliphatic carbocycles. The Bertz CT molecular complexity index is 536. The molecule has 5 heteroatoms. The van der Waals surface area contributed by atoms with Crippen LogP contribution in [0.1, 0.15) is 23.0 Å². The minimum absolute atomic E-state index is 0.0228. The van der Waals surface area contributed by atoms with Crippen molar-refractivity contribution in [3.8, 4) is 0 Å². The number of aromatic nitrogens is 2. The van der Waals surface area contributed by atoms with Gasteiger partial charge in [0.2, 0.25) is 0 Å². The summed E-state index contributed by atoms with van der Waals surface area (Å²) in [7, 11) is 1.92. The summed E-state index contributed by atoms with van der Waals surface area (Å²) in [6, 6.07) is 9.86. The van der Waals surface area contributed by atoms with E-state index >= 15 is 0 Å². The molecule has 1 heterocycles. The monoisotopic (exact) mass is 264 g/mol. The Morgan fingerprint density at radius 1 is 1.44 bits per heavy atom. The van der Waals surface area contributed by atoms with Crippen molar-refractivity contribution >= 4 is 11.6 Å². The van der Waals surface area contributed by atoms with Crippen LogP contribution in [0.2, 0.25) is 5.02 Å². The van der Waals surface area contributed by atoms with Crippen molar-refractivity contribution in [1.82, 2.24) is 15.2 Å². The number of halogens is 1. The molecule has 2 aromatic rings. The molecule has 1 atom stereocenters. The molecule has 0 radical (unpaired) electrons.